The van der Waals surface area contributed by atoms with Crippen molar-refractivity contribution in [3.05, 3.63) is 53.8 Å². The third kappa shape index (κ3) is 3.01. The van der Waals surface area contributed by atoms with Gasteiger partial charge in [-0.3, -0.25) is 0 Å². The van der Waals surface area contributed by atoms with Gasteiger partial charge in [0.05, 0.1) is 4.90 Å². The van der Waals surface area contributed by atoms with Crippen LogP contribution in [-0.2, 0) is 16.3 Å². The maximum atomic E-state index is 13.8. The molecule has 0 atom stereocenters. The summed E-state index contributed by atoms with van der Waals surface area (Å²) in [5, 5.41) is 0. The van der Waals surface area contributed by atoms with Crippen LogP contribution in [-0.4, -0.2) is 14.7 Å². The first-order valence-electron chi connectivity index (χ1n) is 6.00. The highest BCUT2D eigenvalue weighted by Crippen LogP contribution is 2.24. The molecule has 0 aromatic heterocycles. The van der Waals surface area contributed by atoms with E-state index < -0.39 is 9.84 Å². The molecule has 0 heterocycles. The Morgan fingerprint density at radius 3 is 2.32 bits per heavy atom. The van der Waals surface area contributed by atoms with Crippen molar-refractivity contribution in [3.8, 4) is 11.1 Å². The van der Waals surface area contributed by atoms with Gasteiger partial charge in [0.1, 0.15) is 5.82 Å². The fourth-order valence-corrected chi connectivity index (χ4v) is 2.59. The first-order chi connectivity index (χ1) is 8.91. The summed E-state index contributed by atoms with van der Waals surface area (Å²) >= 11 is 0. The monoisotopic (exact) mass is 278 g/mol. The number of sulfone groups is 1. The Kier molecular flexibility index (Phi) is 3.71. The normalized spacial score (nSPS) is 11.5. The molecule has 0 aliphatic rings. The Bertz CT molecular complexity index is 706. The zero-order valence-electron chi connectivity index (χ0n) is 10.9. The van der Waals surface area contributed by atoms with E-state index in [0.29, 0.717) is 23.1 Å². The minimum Gasteiger partial charge on any atom is -0.224 e. The van der Waals surface area contributed by atoms with E-state index in [1.807, 2.05) is 13.0 Å². The summed E-state index contributed by atoms with van der Waals surface area (Å²) in [6.45, 7) is 1.89. The van der Waals surface area contributed by atoms with Crippen molar-refractivity contribution >= 4 is 9.84 Å². The quantitative estimate of drug-likeness (QED) is 0.861. The number of benzene rings is 2. The topological polar surface area (TPSA) is 34.1 Å². The number of halogens is 1. The van der Waals surface area contributed by atoms with Crippen LogP contribution < -0.4 is 0 Å². The second-order valence-corrected chi connectivity index (χ2v) is 6.48. The molecule has 0 saturated carbocycles. The predicted octanol–water partition coefficient (Wildman–Crippen LogP) is 3.46. The van der Waals surface area contributed by atoms with Crippen molar-refractivity contribution in [1.29, 1.82) is 0 Å². The summed E-state index contributed by atoms with van der Waals surface area (Å²) in [5.74, 6) is -0.259. The average molecular weight is 278 g/mol. The molecule has 100 valence electrons. The first kappa shape index (κ1) is 13.7. The molecule has 0 N–H and O–H groups in total. The van der Waals surface area contributed by atoms with E-state index in [-0.39, 0.29) is 10.7 Å². The number of aryl methyl sites for hydroxylation is 1. The van der Waals surface area contributed by atoms with Crippen LogP contribution in [0.2, 0.25) is 0 Å². The van der Waals surface area contributed by atoms with Crippen LogP contribution >= 0.6 is 0 Å². The van der Waals surface area contributed by atoms with Gasteiger partial charge in [0.2, 0.25) is 0 Å². The summed E-state index contributed by atoms with van der Waals surface area (Å²) in [5.41, 5.74) is 2.03. The van der Waals surface area contributed by atoms with Crippen LogP contribution in [0.5, 0.6) is 0 Å². The molecule has 2 aromatic rings. The van der Waals surface area contributed by atoms with E-state index in [1.54, 1.807) is 24.3 Å². The molecule has 0 amide bonds. The highest BCUT2D eigenvalue weighted by molar-refractivity contribution is 7.90. The van der Waals surface area contributed by atoms with Gasteiger partial charge in [-0.25, -0.2) is 12.8 Å². The summed E-state index contributed by atoms with van der Waals surface area (Å²) in [7, 11) is -3.25. The van der Waals surface area contributed by atoms with E-state index in [4.69, 9.17) is 0 Å². The molecular weight excluding hydrogens is 263 g/mol. The van der Waals surface area contributed by atoms with Gasteiger partial charge in [-0.1, -0.05) is 31.2 Å². The second kappa shape index (κ2) is 5.13. The van der Waals surface area contributed by atoms with Gasteiger partial charge in [-0.15, -0.1) is 0 Å². The van der Waals surface area contributed by atoms with Crippen LogP contribution in [0.1, 0.15) is 12.5 Å². The second-order valence-electron chi connectivity index (χ2n) is 4.46. The maximum Gasteiger partial charge on any atom is 0.175 e. The van der Waals surface area contributed by atoms with E-state index in [9.17, 15) is 12.8 Å². The van der Waals surface area contributed by atoms with Crippen LogP contribution in [0.3, 0.4) is 0 Å². The minimum absolute atomic E-state index is 0.241. The highest BCUT2D eigenvalue weighted by Gasteiger charge is 2.09. The smallest absolute Gasteiger partial charge is 0.175 e. The third-order valence-electron chi connectivity index (χ3n) is 3.03. The van der Waals surface area contributed by atoms with Gasteiger partial charge in [-0.05, 0) is 41.3 Å². The number of rotatable bonds is 3. The molecule has 0 fully saturated rings. The van der Waals surface area contributed by atoms with Gasteiger partial charge in [0.15, 0.2) is 9.84 Å². The lowest BCUT2D eigenvalue weighted by molar-refractivity contribution is 0.602. The van der Waals surface area contributed by atoms with Gasteiger partial charge in [0.25, 0.3) is 0 Å². The fourth-order valence-electron chi connectivity index (χ4n) is 1.92. The van der Waals surface area contributed by atoms with Gasteiger partial charge in [0, 0.05) is 6.26 Å². The molecule has 2 rings (SSSR count). The average Bonchev–Trinajstić information content (AvgIpc) is 2.38. The lowest BCUT2D eigenvalue weighted by Crippen LogP contribution is -1.97. The van der Waals surface area contributed by atoms with Crippen LogP contribution in [0.15, 0.2) is 47.4 Å². The van der Waals surface area contributed by atoms with Crippen molar-refractivity contribution in [2.75, 3.05) is 6.26 Å². The van der Waals surface area contributed by atoms with Crippen LogP contribution in [0.25, 0.3) is 11.1 Å². The molecule has 0 spiro atoms. The lowest BCUT2D eigenvalue weighted by atomic mass is 10.0. The predicted molar refractivity (Wildman–Crippen MR) is 74.3 cm³/mol. The van der Waals surface area contributed by atoms with Gasteiger partial charge in [-0.2, -0.15) is 0 Å². The fraction of sp³-hybridized carbons (Fsp3) is 0.200. The Labute approximate surface area is 112 Å². The molecule has 0 aliphatic carbocycles. The first-order valence-corrected chi connectivity index (χ1v) is 7.90. The van der Waals surface area contributed by atoms with Crippen molar-refractivity contribution in [2.24, 2.45) is 0 Å². The zero-order valence-corrected chi connectivity index (χ0v) is 11.7. The molecular formula is C15H15FO2S. The number of hydrogen-bond donors (Lipinski definition) is 0. The van der Waals surface area contributed by atoms with Gasteiger partial charge >= 0.3 is 0 Å². The molecule has 4 heteroatoms. The maximum absolute atomic E-state index is 13.8. The van der Waals surface area contributed by atoms with Crippen molar-refractivity contribution in [3.63, 3.8) is 0 Å². The summed E-state index contributed by atoms with van der Waals surface area (Å²) < 4.78 is 36.8. The summed E-state index contributed by atoms with van der Waals surface area (Å²) in [6.07, 6.45) is 1.79. The lowest BCUT2D eigenvalue weighted by Gasteiger charge is -2.06. The Balaban J connectivity index is 2.51. The molecule has 2 nitrogen and oxygen atoms in total. The van der Waals surface area contributed by atoms with Crippen molar-refractivity contribution in [1.82, 2.24) is 0 Å². The third-order valence-corrected chi connectivity index (χ3v) is 4.14. The van der Waals surface area contributed by atoms with E-state index in [0.717, 1.165) is 6.26 Å². The molecule has 19 heavy (non-hydrogen) atoms. The summed E-state index contributed by atoms with van der Waals surface area (Å²) in [6, 6.07) is 11.5. The van der Waals surface area contributed by atoms with E-state index in [2.05, 4.69) is 0 Å². The van der Waals surface area contributed by atoms with E-state index >= 15 is 0 Å². The van der Waals surface area contributed by atoms with Crippen molar-refractivity contribution < 1.29 is 12.8 Å². The van der Waals surface area contributed by atoms with Crippen LogP contribution in [0.4, 0.5) is 4.39 Å². The van der Waals surface area contributed by atoms with E-state index in [1.165, 1.54) is 12.1 Å². The Morgan fingerprint density at radius 1 is 1.05 bits per heavy atom. The summed E-state index contributed by atoms with van der Waals surface area (Å²) in [4.78, 5) is 0.241. The standard InChI is InChI=1S/C15H15FO2S/c1-3-11-7-8-13(10-15(11)16)12-5-4-6-14(9-12)19(2,17)18/h4-10H,3H2,1-2H3. The molecule has 0 bridgehead atoms. The molecule has 2 aromatic carbocycles. The molecule has 0 unspecified atom stereocenters. The molecule has 0 aliphatic heterocycles. The van der Waals surface area contributed by atoms with Gasteiger partial charge < -0.3 is 0 Å². The molecule has 0 radical (unpaired) electrons. The molecule has 0 saturated heterocycles. The Hall–Kier alpha value is -1.68. The highest BCUT2D eigenvalue weighted by atomic mass is 32.2. The zero-order chi connectivity index (χ0) is 14.0. The number of hydrogen-bond acceptors (Lipinski definition) is 2. The van der Waals surface area contributed by atoms with Crippen molar-refractivity contribution in [2.45, 2.75) is 18.2 Å². The largest absolute Gasteiger partial charge is 0.224 e. The SMILES string of the molecule is CCc1ccc(-c2cccc(S(C)(=O)=O)c2)cc1F. The minimum atomic E-state index is -3.25. The Morgan fingerprint density at radius 2 is 1.74 bits per heavy atom. The van der Waals surface area contributed by atoms with Crippen LogP contribution in [0, 0.1) is 5.82 Å².